The summed E-state index contributed by atoms with van der Waals surface area (Å²) in [5.74, 6) is 0.808. The average molecular weight is 350 g/mol. The largest absolute Gasteiger partial charge is 0.493 e. The molecule has 1 aliphatic carbocycles. The number of halogens is 3. The summed E-state index contributed by atoms with van der Waals surface area (Å²) in [6.07, 6.45) is -0.0971. The molecular formula is C17H17F3N4O. The minimum Gasteiger partial charge on any atom is -0.493 e. The van der Waals surface area contributed by atoms with E-state index in [-0.39, 0.29) is 17.8 Å². The lowest BCUT2D eigenvalue weighted by atomic mass is 10.1. The van der Waals surface area contributed by atoms with Gasteiger partial charge in [-0.2, -0.15) is 18.2 Å². The second-order valence-corrected chi connectivity index (χ2v) is 6.27. The second kappa shape index (κ2) is 6.09. The number of alkyl halides is 3. The number of hydrogen-bond donors (Lipinski definition) is 2. The fourth-order valence-electron chi connectivity index (χ4n) is 2.75. The zero-order valence-corrected chi connectivity index (χ0v) is 13.4. The summed E-state index contributed by atoms with van der Waals surface area (Å²) in [6, 6.07) is 5.64. The summed E-state index contributed by atoms with van der Waals surface area (Å²) in [6.45, 7) is 0.706. The molecule has 2 N–H and O–H groups in total. The van der Waals surface area contributed by atoms with Crippen molar-refractivity contribution in [3.8, 4) is 5.75 Å². The molecule has 1 aromatic carbocycles. The summed E-state index contributed by atoms with van der Waals surface area (Å²) < 4.78 is 44.9. The maximum absolute atomic E-state index is 13.1. The monoisotopic (exact) mass is 350 g/mol. The first-order valence-electron chi connectivity index (χ1n) is 8.22. The van der Waals surface area contributed by atoms with Gasteiger partial charge in [0, 0.05) is 17.9 Å². The normalized spacial score (nSPS) is 16.8. The van der Waals surface area contributed by atoms with Crippen molar-refractivity contribution >= 4 is 17.5 Å². The van der Waals surface area contributed by atoms with Crippen LogP contribution in [0.3, 0.4) is 0 Å². The van der Waals surface area contributed by atoms with Crippen LogP contribution in [0.5, 0.6) is 5.75 Å². The number of rotatable bonds is 4. The van der Waals surface area contributed by atoms with E-state index in [9.17, 15) is 13.2 Å². The van der Waals surface area contributed by atoms with E-state index in [1.807, 2.05) is 12.1 Å². The highest BCUT2D eigenvalue weighted by Gasteiger charge is 2.36. The molecule has 8 heteroatoms. The lowest BCUT2D eigenvalue weighted by Crippen LogP contribution is -2.15. The number of nitrogens with zero attached hydrogens (tertiary/aromatic N) is 2. The number of ether oxygens (including phenoxy) is 1. The van der Waals surface area contributed by atoms with Crippen LogP contribution in [-0.4, -0.2) is 22.6 Å². The van der Waals surface area contributed by atoms with Crippen LogP contribution in [0, 0.1) is 0 Å². The Morgan fingerprint density at radius 1 is 1.20 bits per heavy atom. The van der Waals surface area contributed by atoms with Crippen molar-refractivity contribution in [3.05, 3.63) is 35.5 Å². The van der Waals surface area contributed by atoms with Crippen LogP contribution in [0.1, 0.15) is 30.4 Å². The van der Waals surface area contributed by atoms with Gasteiger partial charge < -0.3 is 15.4 Å². The summed E-state index contributed by atoms with van der Waals surface area (Å²) in [5, 5.41) is 5.82. The van der Waals surface area contributed by atoms with E-state index in [4.69, 9.17) is 4.74 Å². The van der Waals surface area contributed by atoms with Crippen LogP contribution < -0.4 is 15.4 Å². The van der Waals surface area contributed by atoms with E-state index in [1.165, 1.54) is 0 Å². The SMILES string of the molecule is FC(F)(F)c1cnc(Nc2ccc3c(c2)CCCO3)nc1NC1CC1. The summed E-state index contributed by atoms with van der Waals surface area (Å²) in [4.78, 5) is 7.87. The van der Waals surface area contributed by atoms with E-state index in [0.29, 0.717) is 6.61 Å². The molecule has 0 amide bonds. The van der Waals surface area contributed by atoms with Crippen molar-refractivity contribution in [2.24, 2.45) is 0 Å². The first-order chi connectivity index (χ1) is 12.0. The number of hydrogen-bond acceptors (Lipinski definition) is 5. The molecule has 0 radical (unpaired) electrons. The Kier molecular flexibility index (Phi) is 3.89. The van der Waals surface area contributed by atoms with Crippen LogP contribution in [0.2, 0.25) is 0 Å². The molecule has 0 atom stereocenters. The quantitative estimate of drug-likeness (QED) is 0.868. The second-order valence-electron chi connectivity index (χ2n) is 6.27. The predicted octanol–water partition coefficient (Wildman–Crippen LogP) is 4.14. The first kappa shape index (κ1) is 16.0. The molecule has 4 rings (SSSR count). The minimum absolute atomic E-state index is 0.0599. The van der Waals surface area contributed by atoms with Gasteiger partial charge in [-0.3, -0.25) is 0 Å². The number of benzene rings is 1. The molecule has 2 aliphatic rings. The van der Waals surface area contributed by atoms with Gasteiger partial charge in [0.15, 0.2) is 0 Å². The molecular weight excluding hydrogens is 333 g/mol. The van der Waals surface area contributed by atoms with Gasteiger partial charge in [-0.05, 0) is 49.4 Å². The third kappa shape index (κ3) is 3.62. The van der Waals surface area contributed by atoms with Gasteiger partial charge >= 0.3 is 6.18 Å². The summed E-state index contributed by atoms with van der Waals surface area (Å²) in [7, 11) is 0. The topological polar surface area (TPSA) is 59.1 Å². The van der Waals surface area contributed by atoms with Crippen molar-refractivity contribution in [3.63, 3.8) is 0 Å². The number of anilines is 3. The number of nitrogens with one attached hydrogen (secondary N) is 2. The molecule has 0 spiro atoms. The first-order valence-corrected chi connectivity index (χ1v) is 8.22. The molecule has 5 nitrogen and oxygen atoms in total. The number of fused-ring (bicyclic) bond motifs is 1. The molecule has 132 valence electrons. The third-order valence-electron chi connectivity index (χ3n) is 4.18. The molecule has 0 unspecified atom stereocenters. The van der Waals surface area contributed by atoms with Crippen molar-refractivity contribution in [1.82, 2.24) is 9.97 Å². The Labute approximate surface area is 142 Å². The lowest BCUT2D eigenvalue weighted by molar-refractivity contribution is -0.137. The van der Waals surface area contributed by atoms with Gasteiger partial charge in [-0.25, -0.2) is 4.98 Å². The summed E-state index contributed by atoms with van der Waals surface area (Å²) >= 11 is 0. The highest BCUT2D eigenvalue weighted by atomic mass is 19.4. The van der Waals surface area contributed by atoms with Crippen LogP contribution in [0.25, 0.3) is 0 Å². The molecule has 0 saturated heterocycles. The predicted molar refractivity (Wildman–Crippen MR) is 87.2 cm³/mol. The van der Waals surface area contributed by atoms with Gasteiger partial charge in [0.05, 0.1) is 6.61 Å². The van der Waals surface area contributed by atoms with Gasteiger partial charge in [0.2, 0.25) is 5.95 Å². The molecule has 1 saturated carbocycles. The van der Waals surface area contributed by atoms with E-state index < -0.39 is 11.7 Å². The van der Waals surface area contributed by atoms with Crippen molar-refractivity contribution in [2.45, 2.75) is 37.9 Å². The number of aromatic nitrogens is 2. The minimum atomic E-state index is -4.49. The Bertz CT molecular complexity index is 790. The highest BCUT2D eigenvalue weighted by molar-refractivity contribution is 5.60. The van der Waals surface area contributed by atoms with Gasteiger partial charge in [0.1, 0.15) is 17.1 Å². The van der Waals surface area contributed by atoms with E-state index in [0.717, 1.165) is 48.9 Å². The average Bonchev–Trinajstić information content (AvgIpc) is 3.38. The zero-order valence-electron chi connectivity index (χ0n) is 13.4. The molecule has 1 aliphatic heterocycles. The van der Waals surface area contributed by atoms with Crippen LogP contribution in [0.4, 0.5) is 30.6 Å². The number of aryl methyl sites for hydroxylation is 1. The molecule has 1 fully saturated rings. The highest BCUT2D eigenvalue weighted by Crippen LogP contribution is 2.36. The fraction of sp³-hybridized carbons (Fsp3) is 0.412. The Balaban J connectivity index is 1.59. The van der Waals surface area contributed by atoms with Crippen LogP contribution in [-0.2, 0) is 12.6 Å². The molecule has 2 aromatic rings. The summed E-state index contributed by atoms with van der Waals surface area (Å²) in [5.41, 5.74) is 0.949. The van der Waals surface area contributed by atoms with Crippen molar-refractivity contribution in [2.75, 3.05) is 17.2 Å². The van der Waals surface area contributed by atoms with Crippen molar-refractivity contribution in [1.29, 1.82) is 0 Å². The van der Waals surface area contributed by atoms with E-state index in [1.54, 1.807) is 6.07 Å². The Morgan fingerprint density at radius 3 is 2.80 bits per heavy atom. The third-order valence-corrected chi connectivity index (χ3v) is 4.18. The molecule has 25 heavy (non-hydrogen) atoms. The maximum Gasteiger partial charge on any atom is 0.421 e. The molecule has 2 heterocycles. The Morgan fingerprint density at radius 2 is 2.04 bits per heavy atom. The van der Waals surface area contributed by atoms with E-state index in [2.05, 4.69) is 20.6 Å². The van der Waals surface area contributed by atoms with Crippen molar-refractivity contribution < 1.29 is 17.9 Å². The fourth-order valence-corrected chi connectivity index (χ4v) is 2.75. The van der Waals surface area contributed by atoms with Gasteiger partial charge in [-0.1, -0.05) is 0 Å². The maximum atomic E-state index is 13.1. The smallest absolute Gasteiger partial charge is 0.421 e. The lowest BCUT2D eigenvalue weighted by Gasteiger charge is -2.18. The van der Waals surface area contributed by atoms with Crippen LogP contribution >= 0.6 is 0 Å². The Hall–Kier alpha value is -2.51. The zero-order chi connectivity index (χ0) is 17.4. The molecule has 0 bridgehead atoms. The molecule has 1 aromatic heterocycles. The van der Waals surface area contributed by atoms with Gasteiger partial charge in [0.25, 0.3) is 0 Å². The standard InChI is InChI=1S/C17H17F3N4O/c18-17(19,20)13-9-21-16(24-15(13)22-11-3-4-11)23-12-5-6-14-10(8-12)2-1-7-25-14/h5-6,8-9,11H,1-4,7H2,(H2,21,22,23,24). The van der Waals surface area contributed by atoms with E-state index >= 15 is 0 Å². The van der Waals surface area contributed by atoms with Crippen LogP contribution in [0.15, 0.2) is 24.4 Å². The van der Waals surface area contributed by atoms with Gasteiger partial charge in [-0.15, -0.1) is 0 Å².